The van der Waals surface area contributed by atoms with Crippen molar-refractivity contribution in [3.63, 3.8) is 0 Å². The minimum absolute atomic E-state index is 0.0411. The Morgan fingerprint density at radius 1 is 0.933 bits per heavy atom. The molecule has 0 saturated heterocycles. The largest absolute Gasteiger partial charge is 0.461 e. The first kappa shape index (κ1) is 22.3. The van der Waals surface area contributed by atoms with Crippen molar-refractivity contribution in [2.75, 3.05) is 0 Å². The zero-order valence-corrected chi connectivity index (χ0v) is 19.8. The van der Waals surface area contributed by atoms with Crippen LogP contribution in [0.4, 0.5) is 0 Å². The first-order chi connectivity index (χ1) is 14.1. The van der Waals surface area contributed by atoms with E-state index in [1.165, 1.54) is 32.1 Å². The standard InChI is InChI=1S/C26H43NO3/c1-15(2)23(27)24(29)30-18-10-12-25(4)17(14-18)6-7-19-21-9-8-20(16(3)28)26(21,5)13-11-22(19)25/h15,17-23H,6-14,27H2,1-5H3/t17?,18?,19-,20+,21?,22?,23?,25-,26+/m0/s1. The number of rotatable bonds is 4. The molecule has 0 heterocycles. The molecule has 4 saturated carbocycles. The van der Waals surface area contributed by atoms with Crippen molar-refractivity contribution < 1.29 is 14.3 Å². The van der Waals surface area contributed by atoms with Gasteiger partial charge in [-0.1, -0.05) is 27.7 Å². The van der Waals surface area contributed by atoms with Crippen molar-refractivity contribution in [2.45, 2.75) is 105 Å². The van der Waals surface area contributed by atoms with Crippen LogP contribution in [0.3, 0.4) is 0 Å². The number of ether oxygens (including phenoxy) is 1. The highest BCUT2D eigenvalue weighted by molar-refractivity contribution is 5.79. The molecule has 5 unspecified atom stereocenters. The maximum atomic E-state index is 12.4. The van der Waals surface area contributed by atoms with Crippen LogP contribution in [0.2, 0.25) is 0 Å². The number of ketones is 1. The lowest BCUT2D eigenvalue weighted by Crippen LogP contribution is -2.54. The maximum Gasteiger partial charge on any atom is 0.323 e. The van der Waals surface area contributed by atoms with Crippen LogP contribution in [0.5, 0.6) is 0 Å². The summed E-state index contributed by atoms with van der Waals surface area (Å²) in [5.41, 5.74) is 6.61. The van der Waals surface area contributed by atoms with Crippen molar-refractivity contribution in [3.05, 3.63) is 0 Å². The Labute approximate surface area is 183 Å². The quantitative estimate of drug-likeness (QED) is 0.644. The fourth-order valence-electron chi connectivity index (χ4n) is 8.51. The van der Waals surface area contributed by atoms with Gasteiger partial charge in [0.05, 0.1) is 0 Å². The van der Waals surface area contributed by atoms with Crippen LogP contribution in [0.15, 0.2) is 0 Å². The second-order valence-electron chi connectivity index (χ2n) is 12.0. The van der Waals surface area contributed by atoms with Crippen LogP contribution in [-0.2, 0) is 14.3 Å². The third-order valence-electron chi connectivity index (χ3n) is 10.4. The Kier molecular flexibility index (Phi) is 5.87. The van der Waals surface area contributed by atoms with Gasteiger partial charge in [0.1, 0.15) is 17.9 Å². The number of carbonyl (C=O) groups excluding carboxylic acids is 2. The average Bonchev–Trinajstić information content (AvgIpc) is 3.05. The van der Waals surface area contributed by atoms with Gasteiger partial charge in [-0.05, 0) is 105 Å². The average molecular weight is 418 g/mol. The Balaban J connectivity index is 1.45. The zero-order chi connectivity index (χ0) is 21.8. The molecule has 4 heteroatoms. The van der Waals surface area contributed by atoms with Gasteiger partial charge in [0, 0.05) is 5.92 Å². The molecule has 0 spiro atoms. The summed E-state index contributed by atoms with van der Waals surface area (Å²) in [5.74, 6) is 3.52. The van der Waals surface area contributed by atoms with Crippen LogP contribution in [-0.4, -0.2) is 23.9 Å². The molecule has 9 atom stereocenters. The van der Waals surface area contributed by atoms with E-state index in [0.717, 1.165) is 43.4 Å². The third-order valence-corrected chi connectivity index (χ3v) is 10.4. The van der Waals surface area contributed by atoms with Crippen molar-refractivity contribution in [3.8, 4) is 0 Å². The highest BCUT2D eigenvalue weighted by Gasteiger charge is 2.60. The number of fused-ring (bicyclic) bond motifs is 5. The van der Waals surface area contributed by atoms with E-state index in [-0.39, 0.29) is 29.3 Å². The van der Waals surface area contributed by atoms with Gasteiger partial charge >= 0.3 is 5.97 Å². The Hall–Kier alpha value is -0.900. The SMILES string of the molecule is CC(=O)[C@H]1CCC2[C@@H]3CCC4CC(OC(=O)C(N)C(C)C)CC[C@]4(C)C3CC[C@@]21C. The molecular formula is C26H43NO3. The van der Waals surface area contributed by atoms with Gasteiger partial charge in [-0.15, -0.1) is 0 Å². The summed E-state index contributed by atoms with van der Waals surface area (Å²) in [6.07, 6.45) is 10.6. The molecule has 0 bridgehead atoms. The summed E-state index contributed by atoms with van der Waals surface area (Å²) in [4.78, 5) is 24.7. The second kappa shape index (κ2) is 7.90. The molecule has 170 valence electrons. The van der Waals surface area contributed by atoms with Crippen LogP contribution in [0.1, 0.15) is 92.4 Å². The van der Waals surface area contributed by atoms with E-state index in [4.69, 9.17) is 10.5 Å². The number of hydrogen-bond donors (Lipinski definition) is 1. The first-order valence-corrected chi connectivity index (χ1v) is 12.5. The Bertz CT molecular complexity index is 690. The van der Waals surface area contributed by atoms with Gasteiger partial charge < -0.3 is 10.5 Å². The summed E-state index contributed by atoms with van der Waals surface area (Å²) in [7, 11) is 0. The van der Waals surface area contributed by atoms with E-state index in [1.807, 2.05) is 20.8 Å². The van der Waals surface area contributed by atoms with Gasteiger partial charge in [0.25, 0.3) is 0 Å². The van der Waals surface area contributed by atoms with Crippen LogP contribution in [0, 0.1) is 46.3 Å². The molecular weight excluding hydrogens is 374 g/mol. The van der Waals surface area contributed by atoms with E-state index in [2.05, 4.69) is 13.8 Å². The summed E-state index contributed by atoms with van der Waals surface area (Å²) in [6.45, 7) is 10.7. The molecule has 4 aliphatic carbocycles. The molecule has 0 aromatic heterocycles. The smallest absolute Gasteiger partial charge is 0.323 e. The highest BCUT2D eigenvalue weighted by atomic mass is 16.5. The molecule has 2 N–H and O–H groups in total. The Morgan fingerprint density at radius 3 is 2.27 bits per heavy atom. The molecule has 0 radical (unpaired) electrons. The molecule has 30 heavy (non-hydrogen) atoms. The molecule has 4 aliphatic rings. The fraction of sp³-hybridized carbons (Fsp3) is 0.923. The zero-order valence-electron chi connectivity index (χ0n) is 19.8. The number of nitrogens with two attached hydrogens (primary N) is 1. The van der Waals surface area contributed by atoms with Gasteiger partial charge in [0.15, 0.2) is 0 Å². The minimum Gasteiger partial charge on any atom is -0.461 e. The van der Waals surface area contributed by atoms with E-state index in [9.17, 15) is 9.59 Å². The van der Waals surface area contributed by atoms with E-state index in [0.29, 0.717) is 17.1 Å². The summed E-state index contributed by atoms with van der Waals surface area (Å²) >= 11 is 0. The Morgan fingerprint density at radius 2 is 1.60 bits per heavy atom. The van der Waals surface area contributed by atoms with Gasteiger partial charge in [-0.25, -0.2) is 0 Å². The van der Waals surface area contributed by atoms with Crippen molar-refractivity contribution in [1.29, 1.82) is 0 Å². The summed E-state index contributed by atoms with van der Waals surface area (Å²) < 4.78 is 5.87. The van der Waals surface area contributed by atoms with Crippen LogP contribution >= 0.6 is 0 Å². The van der Waals surface area contributed by atoms with Gasteiger partial charge in [-0.3, -0.25) is 9.59 Å². The third kappa shape index (κ3) is 3.45. The van der Waals surface area contributed by atoms with Gasteiger partial charge in [-0.2, -0.15) is 0 Å². The molecule has 0 aromatic carbocycles. The molecule has 4 rings (SSSR count). The number of Topliss-reactive ketones (excluding diaryl/α,β-unsaturated/α-hetero) is 1. The van der Waals surface area contributed by atoms with Gasteiger partial charge in [0.2, 0.25) is 0 Å². The highest BCUT2D eigenvalue weighted by Crippen LogP contribution is 2.67. The van der Waals surface area contributed by atoms with E-state index in [1.54, 1.807) is 0 Å². The van der Waals surface area contributed by atoms with E-state index >= 15 is 0 Å². The number of carbonyl (C=O) groups is 2. The normalized spacial score (nSPS) is 46.5. The molecule has 0 aromatic rings. The molecule has 0 aliphatic heterocycles. The number of esters is 1. The van der Waals surface area contributed by atoms with Crippen molar-refractivity contribution in [1.82, 2.24) is 0 Å². The lowest BCUT2D eigenvalue weighted by molar-refractivity contribution is -0.165. The van der Waals surface area contributed by atoms with E-state index < -0.39 is 6.04 Å². The monoisotopic (exact) mass is 417 g/mol. The maximum absolute atomic E-state index is 12.4. The van der Waals surface area contributed by atoms with Crippen LogP contribution < -0.4 is 5.73 Å². The van der Waals surface area contributed by atoms with Crippen LogP contribution in [0.25, 0.3) is 0 Å². The first-order valence-electron chi connectivity index (χ1n) is 12.5. The molecule has 4 fully saturated rings. The summed E-state index contributed by atoms with van der Waals surface area (Å²) in [5, 5.41) is 0. The van der Waals surface area contributed by atoms with Crippen molar-refractivity contribution in [2.24, 2.45) is 52.1 Å². The summed E-state index contributed by atoms with van der Waals surface area (Å²) in [6, 6.07) is -0.512. The lowest BCUT2D eigenvalue weighted by atomic mass is 9.44. The molecule has 0 amide bonds. The van der Waals surface area contributed by atoms with Crippen molar-refractivity contribution >= 4 is 11.8 Å². The predicted octanol–water partition coefficient (Wildman–Crippen LogP) is 5.13. The minimum atomic E-state index is -0.512. The fourth-order valence-corrected chi connectivity index (χ4v) is 8.51. The number of hydrogen-bond acceptors (Lipinski definition) is 4. The predicted molar refractivity (Wildman–Crippen MR) is 119 cm³/mol. The molecule has 4 nitrogen and oxygen atoms in total. The second-order valence-corrected chi connectivity index (χ2v) is 12.0. The lowest BCUT2D eigenvalue weighted by Gasteiger charge is -2.61. The topological polar surface area (TPSA) is 69.4 Å².